The van der Waals surface area contributed by atoms with Gasteiger partial charge in [0.15, 0.2) is 0 Å². The van der Waals surface area contributed by atoms with Gasteiger partial charge in [-0.3, -0.25) is 10.1 Å². The van der Waals surface area contributed by atoms with E-state index in [1.54, 1.807) is 12.1 Å². The minimum atomic E-state index is -0.769. The van der Waals surface area contributed by atoms with Gasteiger partial charge in [-0.2, -0.15) is 0 Å². The molecule has 2 atom stereocenters. The summed E-state index contributed by atoms with van der Waals surface area (Å²) in [5, 5.41) is 18.2. The number of carbonyl (C=O) groups is 2. The van der Waals surface area contributed by atoms with Gasteiger partial charge in [0.05, 0.1) is 10.0 Å². The maximum atomic E-state index is 12.9. The summed E-state index contributed by atoms with van der Waals surface area (Å²) in [6.07, 6.45) is 0.690. The fourth-order valence-corrected chi connectivity index (χ4v) is 3.90. The third-order valence-corrected chi connectivity index (χ3v) is 6.54. The van der Waals surface area contributed by atoms with Crippen LogP contribution in [0.2, 0.25) is 10.0 Å². The van der Waals surface area contributed by atoms with Gasteiger partial charge < -0.3 is 10.6 Å². The van der Waals surface area contributed by atoms with Crippen LogP contribution in [0, 0.1) is 12.8 Å². The highest BCUT2D eigenvalue weighted by Crippen LogP contribution is 2.27. The summed E-state index contributed by atoms with van der Waals surface area (Å²) >= 11 is 13.2. The van der Waals surface area contributed by atoms with E-state index < -0.39 is 12.1 Å². The maximum absolute atomic E-state index is 12.9. The molecule has 2 unspecified atom stereocenters. The number of nitrogens with one attached hydrogen (secondary N) is 3. The molecule has 1 heterocycles. The number of halogens is 2. The molecule has 10 heteroatoms. The van der Waals surface area contributed by atoms with E-state index in [0.717, 1.165) is 11.1 Å². The minimum absolute atomic E-state index is 0.112. The zero-order valence-corrected chi connectivity index (χ0v) is 20.1. The molecule has 0 aliphatic rings. The van der Waals surface area contributed by atoms with Crippen LogP contribution in [0.3, 0.4) is 0 Å². The summed E-state index contributed by atoms with van der Waals surface area (Å²) in [6.45, 7) is 5.85. The fourth-order valence-electron chi connectivity index (χ4n) is 2.85. The van der Waals surface area contributed by atoms with Crippen molar-refractivity contribution in [1.82, 2.24) is 15.5 Å². The van der Waals surface area contributed by atoms with Crippen LogP contribution in [0.25, 0.3) is 10.6 Å². The van der Waals surface area contributed by atoms with Gasteiger partial charge >= 0.3 is 6.03 Å². The first-order valence-electron chi connectivity index (χ1n) is 10.0. The summed E-state index contributed by atoms with van der Waals surface area (Å²) in [5.74, 6) is -0.478. The van der Waals surface area contributed by atoms with Crippen LogP contribution in [0.15, 0.2) is 42.5 Å². The number of hydrogen-bond acceptors (Lipinski definition) is 5. The smallest absolute Gasteiger partial charge is 0.319 e. The SMILES string of the molecule is CCC(C)C(NC(=O)Nc1ccc(Cl)c(Cl)c1)C(=O)Nc1nnc(-c2ccc(C)cc2)s1. The van der Waals surface area contributed by atoms with E-state index in [9.17, 15) is 9.59 Å². The van der Waals surface area contributed by atoms with Gasteiger partial charge in [0.2, 0.25) is 11.0 Å². The predicted octanol–water partition coefficient (Wildman–Crippen LogP) is 6.00. The topological polar surface area (TPSA) is 96.0 Å². The molecule has 2 aromatic carbocycles. The van der Waals surface area contributed by atoms with Gasteiger partial charge in [0, 0.05) is 11.3 Å². The molecule has 168 valence electrons. The molecule has 0 spiro atoms. The van der Waals surface area contributed by atoms with Crippen LogP contribution in [0.5, 0.6) is 0 Å². The number of hydrogen-bond donors (Lipinski definition) is 3. The quantitative estimate of drug-likeness (QED) is 0.377. The lowest BCUT2D eigenvalue weighted by Crippen LogP contribution is -2.49. The van der Waals surface area contributed by atoms with Gasteiger partial charge in [-0.05, 0) is 31.0 Å². The third kappa shape index (κ3) is 6.18. The van der Waals surface area contributed by atoms with Gasteiger partial charge in [-0.1, -0.05) is 84.6 Å². The van der Waals surface area contributed by atoms with Crippen molar-refractivity contribution in [3.8, 4) is 10.6 Å². The zero-order valence-electron chi connectivity index (χ0n) is 17.8. The van der Waals surface area contributed by atoms with E-state index in [4.69, 9.17) is 23.2 Å². The first kappa shape index (κ1) is 24.0. The van der Waals surface area contributed by atoms with E-state index >= 15 is 0 Å². The number of benzene rings is 2. The van der Waals surface area contributed by atoms with E-state index in [0.29, 0.717) is 32.3 Å². The number of anilines is 2. The lowest BCUT2D eigenvalue weighted by Gasteiger charge is -2.23. The molecule has 3 amide bonds. The van der Waals surface area contributed by atoms with E-state index in [-0.39, 0.29) is 11.8 Å². The summed E-state index contributed by atoms with van der Waals surface area (Å²) in [4.78, 5) is 25.4. The molecule has 0 bridgehead atoms. The average molecular weight is 492 g/mol. The number of aromatic nitrogens is 2. The summed E-state index contributed by atoms with van der Waals surface area (Å²) in [5.41, 5.74) is 2.53. The third-order valence-electron chi connectivity index (χ3n) is 4.91. The molecule has 0 aliphatic heterocycles. The summed E-state index contributed by atoms with van der Waals surface area (Å²) in [6, 6.07) is 11.3. The Hall–Kier alpha value is -2.68. The van der Waals surface area contributed by atoms with Crippen molar-refractivity contribution in [3.05, 3.63) is 58.1 Å². The van der Waals surface area contributed by atoms with Crippen molar-refractivity contribution < 1.29 is 9.59 Å². The molecule has 32 heavy (non-hydrogen) atoms. The van der Waals surface area contributed by atoms with Gasteiger partial charge in [0.25, 0.3) is 0 Å². The van der Waals surface area contributed by atoms with Crippen LogP contribution >= 0.6 is 34.5 Å². The second-order valence-corrected chi connectivity index (χ2v) is 9.15. The average Bonchev–Trinajstić information content (AvgIpc) is 3.23. The Bertz CT molecular complexity index is 1100. The van der Waals surface area contributed by atoms with Crippen LogP contribution in [0.1, 0.15) is 25.8 Å². The Kier molecular flexibility index (Phi) is 8.06. The van der Waals surface area contributed by atoms with E-state index in [2.05, 4.69) is 26.1 Å². The standard InChI is InChI=1S/C22H23Cl2N5O2S/c1-4-13(3)18(26-21(31)25-15-9-10-16(23)17(24)11-15)19(30)27-22-29-28-20(32-22)14-7-5-12(2)6-8-14/h5-11,13,18H,4H2,1-3H3,(H2,25,26,31)(H,27,29,30). The number of amides is 3. The monoisotopic (exact) mass is 491 g/mol. The van der Waals surface area contributed by atoms with E-state index in [1.165, 1.54) is 17.4 Å². The van der Waals surface area contributed by atoms with Crippen LogP contribution in [-0.4, -0.2) is 28.2 Å². The van der Waals surface area contributed by atoms with Crippen molar-refractivity contribution in [2.45, 2.75) is 33.2 Å². The van der Waals surface area contributed by atoms with Crippen molar-refractivity contribution in [3.63, 3.8) is 0 Å². The van der Waals surface area contributed by atoms with Crippen LogP contribution in [0.4, 0.5) is 15.6 Å². The molecule has 3 N–H and O–H groups in total. The molecular weight excluding hydrogens is 469 g/mol. The Morgan fingerprint density at radius 3 is 2.41 bits per heavy atom. The number of nitrogens with zero attached hydrogens (tertiary/aromatic N) is 2. The van der Waals surface area contributed by atoms with Crippen LogP contribution < -0.4 is 16.0 Å². The predicted molar refractivity (Wildman–Crippen MR) is 131 cm³/mol. The molecule has 0 saturated heterocycles. The number of urea groups is 1. The van der Waals surface area contributed by atoms with Gasteiger partial charge in [-0.25, -0.2) is 4.79 Å². The minimum Gasteiger partial charge on any atom is -0.326 e. The first-order valence-corrected chi connectivity index (χ1v) is 11.6. The lowest BCUT2D eigenvalue weighted by molar-refractivity contribution is -0.119. The Balaban J connectivity index is 1.67. The normalized spacial score (nSPS) is 12.7. The molecule has 3 rings (SSSR count). The Labute approximate surface area is 200 Å². The Morgan fingerprint density at radius 1 is 1.03 bits per heavy atom. The molecule has 0 saturated carbocycles. The number of aryl methyl sites for hydroxylation is 1. The van der Waals surface area contributed by atoms with Crippen molar-refractivity contribution in [2.75, 3.05) is 10.6 Å². The molecule has 1 aromatic heterocycles. The molecule has 0 radical (unpaired) electrons. The largest absolute Gasteiger partial charge is 0.326 e. The number of rotatable bonds is 7. The van der Waals surface area contributed by atoms with Crippen molar-refractivity contribution in [1.29, 1.82) is 0 Å². The maximum Gasteiger partial charge on any atom is 0.319 e. The first-order chi connectivity index (χ1) is 15.3. The fraction of sp³-hybridized carbons (Fsp3) is 0.273. The van der Waals surface area contributed by atoms with Crippen LogP contribution in [-0.2, 0) is 4.79 Å². The molecule has 7 nitrogen and oxygen atoms in total. The number of carbonyl (C=O) groups excluding carboxylic acids is 2. The second-order valence-electron chi connectivity index (χ2n) is 7.36. The molecule has 0 fully saturated rings. The van der Waals surface area contributed by atoms with Gasteiger partial charge in [-0.15, -0.1) is 10.2 Å². The highest BCUT2D eigenvalue weighted by molar-refractivity contribution is 7.18. The zero-order chi connectivity index (χ0) is 23.3. The van der Waals surface area contributed by atoms with Crippen molar-refractivity contribution in [2.24, 2.45) is 5.92 Å². The second kappa shape index (κ2) is 10.8. The highest BCUT2D eigenvalue weighted by atomic mass is 35.5. The van der Waals surface area contributed by atoms with E-state index in [1.807, 2.05) is 45.0 Å². The lowest BCUT2D eigenvalue weighted by atomic mass is 9.98. The summed E-state index contributed by atoms with van der Waals surface area (Å²) < 4.78 is 0. The van der Waals surface area contributed by atoms with Gasteiger partial charge in [0.1, 0.15) is 11.0 Å². The molecular formula is C22H23Cl2N5O2S. The molecule has 3 aromatic rings. The summed E-state index contributed by atoms with van der Waals surface area (Å²) in [7, 11) is 0. The van der Waals surface area contributed by atoms with Crippen molar-refractivity contribution >= 4 is 57.3 Å². The highest BCUT2D eigenvalue weighted by Gasteiger charge is 2.27. The Morgan fingerprint density at radius 2 is 1.75 bits per heavy atom. The molecule has 0 aliphatic carbocycles.